The van der Waals surface area contributed by atoms with Gasteiger partial charge in [0.05, 0.1) is 29.0 Å². The summed E-state index contributed by atoms with van der Waals surface area (Å²) in [6.07, 6.45) is 0. The maximum absolute atomic E-state index is 15.0. The molecule has 2 aliphatic heterocycles. The average molecular weight is 757 g/mol. The molecule has 4 heterocycles. The lowest BCUT2D eigenvalue weighted by molar-refractivity contribution is 0.0891. The van der Waals surface area contributed by atoms with Crippen LogP contribution in [0.25, 0.3) is 61.9 Å². The number of nitrogens with zero attached hydrogens (tertiary/aromatic N) is 2. The number of thiophene rings is 2. The van der Waals surface area contributed by atoms with Gasteiger partial charge < -0.3 is 4.90 Å². The quantitative estimate of drug-likeness (QED) is 0.0964. The summed E-state index contributed by atoms with van der Waals surface area (Å²) in [5.41, 5.74) is 9.20. The smallest absolute Gasteiger partial charge is 0.266 e. The van der Waals surface area contributed by atoms with Crippen molar-refractivity contribution in [2.45, 2.75) is 85.6 Å². The molecule has 0 saturated heterocycles. The molecule has 0 spiro atoms. The van der Waals surface area contributed by atoms with Gasteiger partial charge in [-0.3, -0.25) is 14.4 Å². The van der Waals surface area contributed by atoms with Crippen LogP contribution in [0, 0.1) is 0 Å². The van der Waals surface area contributed by atoms with Crippen LogP contribution in [0.1, 0.15) is 138 Å². The number of imide groups is 1. The molecule has 3 amide bonds. The first-order valence-corrected chi connectivity index (χ1v) is 21.2. The molecule has 0 radical (unpaired) electrons. The maximum Gasteiger partial charge on any atom is 0.266 e. The Balaban J connectivity index is 1.22. The molecule has 5 nitrogen and oxygen atoms in total. The fourth-order valence-corrected chi connectivity index (χ4v) is 12.6. The molecule has 7 heteroatoms. The molecule has 0 atom stereocenters. The lowest BCUT2D eigenvalue weighted by Gasteiger charge is -2.34. The van der Waals surface area contributed by atoms with Gasteiger partial charge in [-0.25, -0.2) is 4.90 Å². The van der Waals surface area contributed by atoms with E-state index in [-0.39, 0.29) is 41.4 Å². The first kappa shape index (κ1) is 33.2. The summed E-state index contributed by atoms with van der Waals surface area (Å²) in [7, 11) is 0. The zero-order valence-electron chi connectivity index (χ0n) is 32.2. The second kappa shape index (κ2) is 11.0. The second-order valence-corrected chi connectivity index (χ2v) is 19.2. The Morgan fingerprint density at radius 1 is 0.455 bits per heavy atom. The van der Waals surface area contributed by atoms with Gasteiger partial charge in [-0.1, -0.05) is 91.8 Å². The minimum Gasteiger partial charge on any atom is -0.303 e. The van der Waals surface area contributed by atoms with Gasteiger partial charge in [-0.15, -0.1) is 22.7 Å². The van der Waals surface area contributed by atoms with Gasteiger partial charge in [-0.2, -0.15) is 0 Å². The van der Waals surface area contributed by atoms with Gasteiger partial charge in [0.2, 0.25) is 0 Å². The molecule has 0 saturated carbocycles. The highest BCUT2D eigenvalue weighted by Gasteiger charge is 2.41. The average Bonchev–Trinajstić information content (AvgIpc) is 3.72. The predicted octanol–water partition coefficient (Wildman–Crippen LogP) is 13.5. The van der Waals surface area contributed by atoms with E-state index in [1.807, 2.05) is 17.0 Å². The Labute approximate surface area is 327 Å². The zero-order chi connectivity index (χ0) is 38.1. The van der Waals surface area contributed by atoms with Gasteiger partial charge in [0, 0.05) is 67.5 Å². The lowest BCUT2D eigenvalue weighted by Crippen LogP contribution is -2.41. The molecular formula is C48H40N2O3S2. The summed E-state index contributed by atoms with van der Waals surface area (Å²) in [6, 6.07) is 21.2. The van der Waals surface area contributed by atoms with E-state index in [4.69, 9.17) is 0 Å². The number of para-hydroxylation sites is 2. The third-order valence-corrected chi connectivity index (χ3v) is 14.7. The minimum absolute atomic E-state index is 0.0405. The highest BCUT2D eigenvalue weighted by atomic mass is 32.1. The van der Waals surface area contributed by atoms with Crippen molar-refractivity contribution in [3.63, 3.8) is 0 Å². The van der Waals surface area contributed by atoms with E-state index in [0.717, 1.165) is 95.5 Å². The van der Waals surface area contributed by atoms with Crippen molar-refractivity contribution in [1.82, 2.24) is 0 Å². The number of hydrogen-bond acceptors (Lipinski definition) is 5. The highest BCUT2D eigenvalue weighted by Crippen LogP contribution is 2.58. The number of anilines is 2. The Hall–Kier alpha value is -5.11. The molecule has 0 unspecified atom stereocenters. The Kier molecular flexibility index (Phi) is 6.66. The number of hydrogen-bond donors (Lipinski definition) is 0. The van der Waals surface area contributed by atoms with Crippen LogP contribution < -0.4 is 9.80 Å². The lowest BCUT2D eigenvalue weighted by atomic mass is 9.81. The molecule has 0 fully saturated rings. The Morgan fingerprint density at radius 2 is 0.836 bits per heavy atom. The van der Waals surface area contributed by atoms with Crippen molar-refractivity contribution in [1.29, 1.82) is 0 Å². The van der Waals surface area contributed by atoms with Crippen LogP contribution >= 0.6 is 22.7 Å². The Bertz CT molecular complexity index is 3090. The summed E-state index contributed by atoms with van der Waals surface area (Å²) in [5, 5.41) is 8.54. The molecule has 9 aromatic rings. The first-order valence-electron chi connectivity index (χ1n) is 19.5. The molecule has 0 N–H and O–H groups in total. The van der Waals surface area contributed by atoms with Crippen LogP contribution in [-0.2, 0) is 6.54 Å². The first-order chi connectivity index (χ1) is 26.4. The largest absolute Gasteiger partial charge is 0.303 e. The van der Waals surface area contributed by atoms with Crippen LogP contribution in [0.2, 0.25) is 0 Å². The van der Waals surface area contributed by atoms with Gasteiger partial charge in [0.25, 0.3) is 17.7 Å². The van der Waals surface area contributed by atoms with Crippen molar-refractivity contribution in [3.8, 4) is 0 Å². The van der Waals surface area contributed by atoms with Crippen molar-refractivity contribution >= 4 is 114 Å². The van der Waals surface area contributed by atoms with E-state index in [0.29, 0.717) is 17.7 Å². The van der Waals surface area contributed by atoms with Crippen molar-refractivity contribution in [2.24, 2.45) is 0 Å². The van der Waals surface area contributed by atoms with Gasteiger partial charge in [0.15, 0.2) is 0 Å². The molecule has 55 heavy (non-hydrogen) atoms. The predicted molar refractivity (Wildman–Crippen MR) is 232 cm³/mol. The molecule has 0 bridgehead atoms. The van der Waals surface area contributed by atoms with Crippen molar-refractivity contribution in [3.05, 3.63) is 105 Å². The molecule has 2 aliphatic rings. The van der Waals surface area contributed by atoms with Crippen molar-refractivity contribution < 1.29 is 14.4 Å². The van der Waals surface area contributed by atoms with Crippen LogP contribution in [0.3, 0.4) is 0 Å². The van der Waals surface area contributed by atoms with E-state index >= 15 is 14.4 Å². The normalized spacial score (nSPS) is 15.2. The molecule has 272 valence electrons. The van der Waals surface area contributed by atoms with Crippen LogP contribution in [0.15, 0.2) is 60.7 Å². The number of carbonyl (C=O) groups is 3. The second-order valence-electron chi connectivity index (χ2n) is 17.0. The third-order valence-electron chi connectivity index (χ3n) is 12.5. The SMILES string of the molecule is CC(C)c1cccc(C(C)C)c1N1Cc2cc3sc4cc5c6c(cc7sc8cc(c2c2c3c4c6c7c82)C1=O)C(=O)N(c1c(C(C)C)cccc1C(C)C)C5=O. The van der Waals surface area contributed by atoms with Gasteiger partial charge in [-0.05, 0) is 75.8 Å². The Morgan fingerprint density at radius 3 is 1.27 bits per heavy atom. The van der Waals surface area contributed by atoms with E-state index in [1.165, 1.54) is 16.0 Å². The monoisotopic (exact) mass is 756 g/mol. The van der Waals surface area contributed by atoms with Crippen LogP contribution in [0.5, 0.6) is 0 Å². The molecule has 11 rings (SSSR count). The summed E-state index contributed by atoms with van der Waals surface area (Å²) in [6.45, 7) is 17.8. The van der Waals surface area contributed by atoms with E-state index in [1.54, 1.807) is 22.7 Å². The topological polar surface area (TPSA) is 57.7 Å². The summed E-state index contributed by atoms with van der Waals surface area (Å²) < 4.78 is 4.26. The zero-order valence-corrected chi connectivity index (χ0v) is 33.9. The minimum atomic E-state index is -0.266. The number of carbonyl (C=O) groups excluding carboxylic acids is 3. The fourth-order valence-electron chi connectivity index (χ4n) is 10.1. The van der Waals surface area contributed by atoms with E-state index in [9.17, 15) is 0 Å². The molecule has 0 aliphatic carbocycles. The van der Waals surface area contributed by atoms with Crippen LogP contribution in [0.4, 0.5) is 11.4 Å². The van der Waals surface area contributed by atoms with E-state index < -0.39 is 0 Å². The molecule has 7 aromatic carbocycles. The number of rotatable bonds is 6. The van der Waals surface area contributed by atoms with Crippen molar-refractivity contribution in [2.75, 3.05) is 9.80 Å². The standard InChI is InChI=1S/C48H40N2O3S2/c1-20(2)25-11-9-12-26(21(3)4)44(25)49-19-24-15-32-38-40-34(54-32)17-30-37-31(48(53)50(47(30)52)45-27(22(5)6)13-10-14-28(45)23(7)8)18-35-41(43(37)40)39-33(55-35)16-29(46(49)51)36(24)42(38)39/h9-18,20-23H,19H2,1-8H3. The fraction of sp³-hybridized carbons (Fsp3) is 0.271. The van der Waals surface area contributed by atoms with Gasteiger partial charge >= 0.3 is 0 Å². The van der Waals surface area contributed by atoms with Gasteiger partial charge in [0.1, 0.15) is 0 Å². The highest BCUT2D eigenvalue weighted by molar-refractivity contribution is 7.27. The summed E-state index contributed by atoms with van der Waals surface area (Å²) >= 11 is 3.39. The number of benzene rings is 7. The summed E-state index contributed by atoms with van der Waals surface area (Å²) in [5.74, 6) is 0.264. The van der Waals surface area contributed by atoms with E-state index in [2.05, 4.69) is 104 Å². The maximum atomic E-state index is 15.0. The third kappa shape index (κ3) is 4.05. The molecular weight excluding hydrogens is 717 g/mol. The number of amides is 3. The van der Waals surface area contributed by atoms with Crippen LogP contribution in [-0.4, -0.2) is 17.7 Å². The summed E-state index contributed by atoms with van der Waals surface area (Å²) in [4.78, 5) is 48.6. The molecule has 2 aromatic heterocycles.